The van der Waals surface area contributed by atoms with E-state index in [-0.39, 0.29) is 18.1 Å². The van der Waals surface area contributed by atoms with Gasteiger partial charge in [-0.2, -0.15) is 5.10 Å². The molecular formula is C18H22N4O3. The average Bonchev–Trinajstić information content (AvgIpc) is 3.06. The number of carboxylic acids is 1. The molecule has 1 saturated heterocycles. The van der Waals surface area contributed by atoms with Crippen LogP contribution in [0.25, 0.3) is 0 Å². The SMILES string of the molecule is Cc1ccccc1CN1CCN(C(=O)Cn2nccc2C(=O)O)CC1. The van der Waals surface area contributed by atoms with Crippen molar-refractivity contribution in [2.75, 3.05) is 26.2 Å². The fourth-order valence-electron chi connectivity index (χ4n) is 3.05. The highest BCUT2D eigenvalue weighted by atomic mass is 16.4. The molecule has 0 radical (unpaired) electrons. The lowest BCUT2D eigenvalue weighted by molar-refractivity contribution is -0.133. The van der Waals surface area contributed by atoms with Gasteiger partial charge in [0.2, 0.25) is 5.91 Å². The van der Waals surface area contributed by atoms with E-state index in [9.17, 15) is 9.59 Å². The molecule has 2 heterocycles. The van der Waals surface area contributed by atoms with Gasteiger partial charge in [-0.1, -0.05) is 24.3 Å². The molecule has 1 fully saturated rings. The largest absolute Gasteiger partial charge is 0.477 e. The van der Waals surface area contributed by atoms with Crippen molar-refractivity contribution in [3.63, 3.8) is 0 Å². The molecule has 1 aromatic heterocycles. The monoisotopic (exact) mass is 342 g/mol. The Morgan fingerprint density at radius 2 is 1.84 bits per heavy atom. The number of aromatic nitrogens is 2. The molecule has 0 spiro atoms. The minimum atomic E-state index is -1.08. The van der Waals surface area contributed by atoms with E-state index in [1.807, 2.05) is 12.1 Å². The highest BCUT2D eigenvalue weighted by Crippen LogP contribution is 2.13. The second-order valence-electron chi connectivity index (χ2n) is 6.26. The van der Waals surface area contributed by atoms with Crippen LogP contribution in [0, 0.1) is 6.92 Å². The van der Waals surface area contributed by atoms with Crippen molar-refractivity contribution >= 4 is 11.9 Å². The molecule has 1 aromatic carbocycles. The molecular weight excluding hydrogens is 320 g/mol. The number of carbonyl (C=O) groups is 2. The van der Waals surface area contributed by atoms with E-state index in [4.69, 9.17) is 5.11 Å². The molecule has 1 aliphatic heterocycles. The van der Waals surface area contributed by atoms with Crippen molar-refractivity contribution in [1.82, 2.24) is 19.6 Å². The summed E-state index contributed by atoms with van der Waals surface area (Å²) in [6.45, 7) is 5.88. The number of hydrogen-bond donors (Lipinski definition) is 1. The van der Waals surface area contributed by atoms with Crippen LogP contribution in [0.2, 0.25) is 0 Å². The summed E-state index contributed by atoms with van der Waals surface area (Å²) in [6, 6.07) is 9.73. The van der Waals surface area contributed by atoms with E-state index in [0.29, 0.717) is 13.1 Å². The summed E-state index contributed by atoms with van der Waals surface area (Å²) in [7, 11) is 0. The number of benzene rings is 1. The van der Waals surface area contributed by atoms with Gasteiger partial charge >= 0.3 is 5.97 Å². The van der Waals surface area contributed by atoms with E-state index in [2.05, 4.69) is 29.1 Å². The molecule has 1 amide bonds. The van der Waals surface area contributed by atoms with Crippen molar-refractivity contribution in [3.8, 4) is 0 Å². The maximum atomic E-state index is 12.4. The molecule has 7 heteroatoms. The number of hydrogen-bond acceptors (Lipinski definition) is 4. The van der Waals surface area contributed by atoms with Crippen molar-refractivity contribution in [1.29, 1.82) is 0 Å². The lowest BCUT2D eigenvalue weighted by atomic mass is 10.1. The molecule has 25 heavy (non-hydrogen) atoms. The minimum absolute atomic E-state index is 0.0338. The van der Waals surface area contributed by atoms with Gasteiger partial charge in [-0.05, 0) is 24.1 Å². The van der Waals surface area contributed by atoms with Gasteiger partial charge < -0.3 is 10.0 Å². The number of piperazine rings is 1. The first-order valence-electron chi connectivity index (χ1n) is 8.34. The molecule has 7 nitrogen and oxygen atoms in total. The highest BCUT2D eigenvalue weighted by molar-refractivity contribution is 5.86. The fraction of sp³-hybridized carbons (Fsp3) is 0.389. The van der Waals surface area contributed by atoms with Crippen LogP contribution in [0.15, 0.2) is 36.5 Å². The molecule has 132 valence electrons. The minimum Gasteiger partial charge on any atom is -0.477 e. The van der Waals surface area contributed by atoms with Crippen LogP contribution in [-0.2, 0) is 17.9 Å². The molecule has 3 rings (SSSR count). The molecule has 1 N–H and O–H groups in total. The second-order valence-corrected chi connectivity index (χ2v) is 6.26. The van der Waals surface area contributed by atoms with E-state index in [0.717, 1.165) is 19.6 Å². The predicted octanol–water partition coefficient (Wildman–Crippen LogP) is 1.23. The number of amides is 1. The molecule has 0 aliphatic carbocycles. The van der Waals surface area contributed by atoms with Gasteiger partial charge in [0.25, 0.3) is 0 Å². The van der Waals surface area contributed by atoms with E-state index < -0.39 is 5.97 Å². The van der Waals surface area contributed by atoms with Gasteiger partial charge in [0.15, 0.2) is 0 Å². The standard InChI is InChI=1S/C18H22N4O3/c1-14-4-2-3-5-15(14)12-20-8-10-21(11-9-20)17(23)13-22-16(18(24)25)6-7-19-22/h2-7H,8-13H2,1H3,(H,24,25). The van der Waals surface area contributed by atoms with Crippen molar-refractivity contribution in [3.05, 3.63) is 53.3 Å². The van der Waals surface area contributed by atoms with Crippen molar-refractivity contribution < 1.29 is 14.7 Å². The molecule has 0 bridgehead atoms. The van der Waals surface area contributed by atoms with Crippen molar-refractivity contribution in [2.45, 2.75) is 20.0 Å². The number of nitrogens with zero attached hydrogens (tertiary/aromatic N) is 4. The van der Waals surface area contributed by atoms with Crippen LogP contribution in [0.4, 0.5) is 0 Å². The Balaban J connectivity index is 1.53. The van der Waals surface area contributed by atoms with Crippen LogP contribution >= 0.6 is 0 Å². The number of rotatable bonds is 5. The lowest BCUT2D eigenvalue weighted by Crippen LogP contribution is -2.49. The first kappa shape index (κ1) is 17.2. The van der Waals surface area contributed by atoms with Crippen LogP contribution in [0.3, 0.4) is 0 Å². The van der Waals surface area contributed by atoms with Crippen LogP contribution in [-0.4, -0.2) is 62.7 Å². The second kappa shape index (κ2) is 7.48. The first-order valence-corrected chi connectivity index (χ1v) is 8.34. The van der Waals surface area contributed by atoms with Crippen molar-refractivity contribution in [2.24, 2.45) is 0 Å². The summed E-state index contributed by atoms with van der Waals surface area (Å²) in [4.78, 5) is 27.6. The number of carbonyl (C=O) groups excluding carboxylic acids is 1. The lowest BCUT2D eigenvalue weighted by Gasteiger charge is -2.35. The predicted molar refractivity (Wildman–Crippen MR) is 92.2 cm³/mol. The number of aromatic carboxylic acids is 1. The zero-order valence-corrected chi connectivity index (χ0v) is 14.3. The third-order valence-corrected chi connectivity index (χ3v) is 4.60. The summed E-state index contributed by atoms with van der Waals surface area (Å²) in [5.41, 5.74) is 2.62. The Bertz CT molecular complexity index is 763. The first-order chi connectivity index (χ1) is 12.0. The summed E-state index contributed by atoms with van der Waals surface area (Å²) in [5, 5.41) is 13.0. The Kier molecular flexibility index (Phi) is 5.14. The van der Waals surface area contributed by atoms with Crippen LogP contribution in [0.1, 0.15) is 21.6 Å². The maximum Gasteiger partial charge on any atom is 0.354 e. The van der Waals surface area contributed by atoms with Gasteiger partial charge in [0.05, 0.1) is 0 Å². The number of aryl methyl sites for hydroxylation is 1. The zero-order chi connectivity index (χ0) is 17.8. The number of carboxylic acid groups (broad SMARTS) is 1. The molecule has 1 aliphatic rings. The molecule has 0 saturated carbocycles. The molecule has 2 aromatic rings. The third kappa shape index (κ3) is 4.06. The normalized spacial score (nSPS) is 15.3. The Hall–Kier alpha value is -2.67. The third-order valence-electron chi connectivity index (χ3n) is 4.60. The van der Waals surface area contributed by atoms with Gasteiger partial charge in [-0.25, -0.2) is 9.48 Å². The molecule has 0 atom stereocenters. The van der Waals surface area contributed by atoms with Crippen LogP contribution in [0.5, 0.6) is 0 Å². The van der Waals surface area contributed by atoms with E-state index in [1.54, 1.807) is 4.90 Å². The van der Waals surface area contributed by atoms with Gasteiger partial charge in [0.1, 0.15) is 12.2 Å². The van der Waals surface area contributed by atoms with Gasteiger partial charge in [-0.3, -0.25) is 9.69 Å². The Morgan fingerprint density at radius 1 is 1.12 bits per heavy atom. The molecule has 0 unspecified atom stereocenters. The Labute approximate surface area is 146 Å². The highest BCUT2D eigenvalue weighted by Gasteiger charge is 2.23. The van der Waals surface area contributed by atoms with Crippen LogP contribution < -0.4 is 0 Å². The quantitative estimate of drug-likeness (QED) is 0.884. The summed E-state index contributed by atoms with van der Waals surface area (Å²) in [5.74, 6) is -1.17. The van der Waals surface area contributed by atoms with E-state index in [1.165, 1.54) is 28.1 Å². The topological polar surface area (TPSA) is 78.7 Å². The Morgan fingerprint density at radius 3 is 2.52 bits per heavy atom. The maximum absolute atomic E-state index is 12.4. The summed E-state index contributed by atoms with van der Waals surface area (Å²) in [6.07, 6.45) is 1.40. The summed E-state index contributed by atoms with van der Waals surface area (Å²) < 4.78 is 1.24. The zero-order valence-electron chi connectivity index (χ0n) is 14.3. The van der Waals surface area contributed by atoms with E-state index >= 15 is 0 Å². The van der Waals surface area contributed by atoms with Gasteiger partial charge in [0, 0.05) is 38.9 Å². The summed E-state index contributed by atoms with van der Waals surface area (Å²) >= 11 is 0. The van der Waals surface area contributed by atoms with Gasteiger partial charge in [-0.15, -0.1) is 0 Å². The smallest absolute Gasteiger partial charge is 0.354 e. The average molecular weight is 342 g/mol. The fourth-order valence-corrected chi connectivity index (χ4v) is 3.05.